The highest BCUT2D eigenvalue weighted by Crippen LogP contribution is 2.48. The highest BCUT2D eigenvalue weighted by molar-refractivity contribution is 5.72. The van der Waals surface area contributed by atoms with Gasteiger partial charge >= 0.3 is 0 Å². The summed E-state index contributed by atoms with van der Waals surface area (Å²) in [4.78, 5) is 10.3. The van der Waals surface area contributed by atoms with Gasteiger partial charge in [0.2, 0.25) is 0 Å². The number of hydrogen-bond donors (Lipinski definition) is 1. The van der Waals surface area contributed by atoms with Gasteiger partial charge in [-0.2, -0.15) is 10.4 Å². The molecule has 1 aliphatic carbocycles. The van der Waals surface area contributed by atoms with Gasteiger partial charge in [-0.3, -0.25) is 14.6 Å². The van der Waals surface area contributed by atoms with Gasteiger partial charge in [-0.1, -0.05) is 13.5 Å². The third-order valence-corrected chi connectivity index (χ3v) is 8.67. The number of hydrogen-bond acceptors (Lipinski definition) is 6. The zero-order valence-electron chi connectivity index (χ0n) is 22.7. The summed E-state index contributed by atoms with van der Waals surface area (Å²) in [5.41, 5.74) is 4.47. The van der Waals surface area contributed by atoms with Crippen LogP contribution in [0.4, 0.5) is 0 Å². The first kappa shape index (κ1) is 26.6. The predicted octanol–water partition coefficient (Wildman–Crippen LogP) is 3.64. The maximum atomic E-state index is 9.80. The second-order valence-electron chi connectivity index (χ2n) is 10.9. The summed E-state index contributed by atoms with van der Waals surface area (Å²) in [6.07, 6.45) is 15.8. The Morgan fingerprint density at radius 1 is 1.37 bits per heavy atom. The largest absolute Gasteiger partial charge is 0.355 e. The molecule has 1 saturated carbocycles. The van der Waals surface area contributed by atoms with Crippen LogP contribution in [0, 0.1) is 23.2 Å². The number of H-pyrrole nitrogens is 1. The van der Waals surface area contributed by atoms with Crippen molar-refractivity contribution in [3.05, 3.63) is 47.4 Å². The summed E-state index contributed by atoms with van der Waals surface area (Å²) in [6, 6.07) is 4.47. The lowest BCUT2D eigenvalue weighted by atomic mass is 9.81. The number of likely N-dealkylation sites (tertiary alicyclic amines) is 1. The standard InChI is InChI=1S/C30H40N6O2/c1-4-17-37-28-18-27(38-28)35-15-9-22(10-16-35)23-7-11-30(19-23,12-13-31)36-21-24(20-34-36)29(32-6-3)25-8-14-33-26(25)5-2/h6,8,14,20-23,27-28,33H,2,4,7,9-12,15-19H2,1,3H3/b29-25-,32-6-/t23-,27?,28?,30?/m0/s1. The molecule has 0 aromatic carbocycles. The average molecular weight is 517 g/mol. The van der Waals surface area contributed by atoms with Gasteiger partial charge in [0, 0.05) is 55.5 Å². The molecule has 1 N–H and O–H groups in total. The minimum Gasteiger partial charge on any atom is -0.355 e. The van der Waals surface area contributed by atoms with Crippen LogP contribution in [0.2, 0.25) is 0 Å². The molecule has 2 aromatic rings. The summed E-state index contributed by atoms with van der Waals surface area (Å²) in [5, 5.41) is 16.4. The van der Waals surface area contributed by atoms with Crippen molar-refractivity contribution >= 4 is 17.6 Å². The van der Waals surface area contributed by atoms with Crippen LogP contribution in [0.5, 0.6) is 0 Å². The maximum Gasteiger partial charge on any atom is 0.163 e. The van der Waals surface area contributed by atoms with Gasteiger partial charge < -0.3 is 14.5 Å². The Labute approximate surface area is 225 Å². The van der Waals surface area contributed by atoms with Crippen LogP contribution in [0.3, 0.4) is 0 Å². The molecule has 2 aromatic heterocycles. The maximum absolute atomic E-state index is 9.80. The van der Waals surface area contributed by atoms with Gasteiger partial charge in [0.05, 0.1) is 35.3 Å². The fourth-order valence-corrected chi connectivity index (χ4v) is 6.59. The molecule has 2 saturated heterocycles. The molecule has 3 aliphatic rings. The van der Waals surface area contributed by atoms with Crippen LogP contribution in [-0.2, 0) is 15.0 Å². The minimum absolute atomic E-state index is 0.0161. The monoisotopic (exact) mass is 516 g/mol. The number of nitrogens with zero attached hydrogens (tertiary/aromatic N) is 5. The number of piperidine rings is 1. The number of nitrogens with one attached hydrogen (secondary N) is 1. The summed E-state index contributed by atoms with van der Waals surface area (Å²) in [5.74, 6) is 1.30. The van der Waals surface area contributed by atoms with Crippen LogP contribution in [0.15, 0.2) is 36.2 Å². The molecule has 3 fully saturated rings. The van der Waals surface area contributed by atoms with E-state index in [0.717, 1.165) is 73.6 Å². The fourth-order valence-electron chi connectivity index (χ4n) is 6.59. The quantitative estimate of drug-likeness (QED) is 0.514. The van der Waals surface area contributed by atoms with E-state index < -0.39 is 0 Å². The summed E-state index contributed by atoms with van der Waals surface area (Å²) >= 11 is 0. The summed E-state index contributed by atoms with van der Waals surface area (Å²) in [6.45, 7) is 10.8. The predicted molar refractivity (Wildman–Crippen MR) is 147 cm³/mol. The minimum atomic E-state index is -0.262. The SMILES string of the molecule is C=C=c1[nH]cc/c1=C(/N=C\C)c1cnn(C2(CC#N)CC[C@H](C3CCN(C4CC(OCCC)O4)CC3)C2)c1. The van der Waals surface area contributed by atoms with E-state index in [1.54, 1.807) is 6.21 Å². The molecule has 0 amide bonds. The van der Waals surface area contributed by atoms with Crippen LogP contribution in [-0.4, -0.2) is 58.1 Å². The normalized spacial score (nSPS) is 29.2. The van der Waals surface area contributed by atoms with E-state index in [1.165, 1.54) is 12.8 Å². The van der Waals surface area contributed by atoms with E-state index in [1.807, 2.05) is 25.4 Å². The third kappa shape index (κ3) is 5.30. The Morgan fingerprint density at radius 2 is 2.18 bits per heavy atom. The molecule has 2 aliphatic heterocycles. The smallest absolute Gasteiger partial charge is 0.163 e. The number of rotatable bonds is 9. The molecule has 4 atom stereocenters. The van der Waals surface area contributed by atoms with Crippen LogP contribution in [0.1, 0.15) is 70.8 Å². The molecule has 4 heterocycles. The molecule has 0 radical (unpaired) electrons. The first-order valence-electron chi connectivity index (χ1n) is 14.1. The Balaban J connectivity index is 1.27. The topological polar surface area (TPSA) is 91.5 Å². The van der Waals surface area contributed by atoms with Gasteiger partial charge in [0.1, 0.15) is 6.23 Å². The molecule has 3 unspecified atom stereocenters. The van der Waals surface area contributed by atoms with Crippen molar-refractivity contribution in [2.45, 2.75) is 83.3 Å². The number of aliphatic imine (C=N–C) groups is 1. The van der Waals surface area contributed by atoms with Crippen molar-refractivity contribution in [1.29, 1.82) is 5.26 Å². The van der Waals surface area contributed by atoms with Gasteiger partial charge in [-0.15, -0.1) is 5.73 Å². The van der Waals surface area contributed by atoms with Crippen LogP contribution in [0.25, 0.3) is 11.4 Å². The lowest BCUT2D eigenvalue weighted by molar-refractivity contribution is -0.299. The fraction of sp³-hybridized carbons (Fsp3) is 0.600. The van der Waals surface area contributed by atoms with Crippen LogP contribution >= 0.6 is 0 Å². The highest BCUT2D eigenvalue weighted by Gasteiger charge is 2.45. The van der Waals surface area contributed by atoms with Crippen molar-refractivity contribution in [2.75, 3.05) is 19.7 Å². The summed E-state index contributed by atoms with van der Waals surface area (Å²) in [7, 11) is 0. The number of aromatic nitrogens is 3. The Hall–Kier alpha value is -2.95. The van der Waals surface area contributed by atoms with Crippen molar-refractivity contribution in [3.63, 3.8) is 0 Å². The number of aromatic amines is 1. The molecule has 38 heavy (non-hydrogen) atoms. The Kier molecular flexibility index (Phi) is 8.30. The van der Waals surface area contributed by atoms with Crippen LogP contribution < -0.4 is 10.6 Å². The van der Waals surface area contributed by atoms with E-state index in [2.05, 4.69) is 51.1 Å². The van der Waals surface area contributed by atoms with E-state index in [-0.39, 0.29) is 18.1 Å². The van der Waals surface area contributed by atoms with E-state index >= 15 is 0 Å². The average Bonchev–Trinajstić information content (AvgIpc) is 3.67. The van der Waals surface area contributed by atoms with E-state index in [0.29, 0.717) is 18.3 Å². The van der Waals surface area contributed by atoms with Crippen molar-refractivity contribution in [2.24, 2.45) is 16.8 Å². The van der Waals surface area contributed by atoms with Crippen molar-refractivity contribution in [1.82, 2.24) is 19.7 Å². The Bertz CT molecular complexity index is 1300. The molecular weight excluding hydrogens is 476 g/mol. The molecule has 8 heteroatoms. The Morgan fingerprint density at radius 3 is 2.89 bits per heavy atom. The van der Waals surface area contributed by atoms with Gasteiger partial charge in [0.25, 0.3) is 0 Å². The second-order valence-corrected chi connectivity index (χ2v) is 10.9. The highest BCUT2D eigenvalue weighted by atomic mass is 16.7. The zero-order chi connectivity index (χ0) is 26.5. The lowest BCUT2D eigenvalue weighted by Crippen LogP contribution is -2.53. The number of ether oxygens (including phenoxy) is 2. The first-order chi connectivity index (χ1) is 18.6. The van der Waals surface area contributed by atoms with E-state index in [9.17, 15) is 5.26 Å². The molecule has 0 bridgehead atoms. The van der Waals surface area contributed by atoms with E-state index in [4.69, 9.17) is 14.6 Å². The van der Waals surface area contributed by atoms with Gasteiger partial charge in [0.15, 0.2) is 6.29 Å². The van der Waals surface area contributed by atoms with Crippen molar-refractivity contribution in [3.8, 4) is 6.07 Å². The lowest BCUT2D eigenvalue weighted by Gasteiger charge is -2.45. The molecule has 202 valence electrons. The zero-order valence-corrected chi connectivity index (χ0v) is 22.7. The molecule has 0 spiro atoms. The van der Waals surface area contributed by atoms with Crippen molar-refractivity contribution < 1.29 is 9.47 Å². The molecule has 8 nitrogen and oxygen atoms in total. The second kappa shape index (κ2) is 11.8. The van der Waals surface area contributed by atoms with Gasteiger partial charge in [-0.05, 0) is 63.4 Å². The van der Waals surface area contributed by atoms with Gasteiger partial charge in [-0.25, -0.2) is 0 Å². The summed E-state index contributed by atoms with van der Waals surface area (Å²) < 4.78 is 13.7. The first-order valence-corrected chi connectivity index (χ1v) is 14.1. The number of nitriles is 1. The third-order valence-electron chi connectivity index (χ3n) is 8.67. The molecule has 5 rings (SSSR count). The molecular formula is C30H40N6O2.